The molecule has 0 atom stereocenters. The average Bonchev–Trinajstić information content (AvgIpc) is 2.71. The highest BCUT2D eigenvalue weighted by molar-refractivity contribution is 6.10. The standard InChI is InChI=1S/C24H26N4O/c1-16-8-11-22(19(4)13-16)27-24(26-15-21-7-5-6-12-25-21)28-23(29)20-10-9-17(2)18(3)14-20/h5-14H,15H2,1-4H3,(H2,26,27,28,29). The van der Waals surface area contributed by atoms with Gasteiger partial charge >= 0.3 is 0 Å². The van der Waals surface area contributed by atoms with Gasteiger partial charge in [0.25, 0.3) is 5.91 Å². The third-order valence-corrected chi connectivity index (χ3v) is 4.76. The molecule has 5 nitrogen and oxygen atoms in total. The number of aliphatic imine (C=N–C) groups is 1. The highest BCUT2D eigenvalue weighted by Gasteiger charge is 2.11. The Morgan fingerprint density at radius 1 is 0.931 bits per heavy atom. The Labute approximate surface area is 171 Å². The highest BCUT2D eigenvalue weighted by Crippen LogP contribution is 2.16. The molecule has 0 aliphatic rings. The zero-order valence-electron chi connectivity index (χ0n) is 17.3. The van der Waals surface area contributed by atoms with Crippen LogP contribution in [0.2, 0.25) is 0 Å². The van der Waals surface area contributed by atoms with Crippen molar-refractivity contribution in [1.29, 1.82) is 0 Å². The van der Waals surface area contributed by atoms with E-state index < -0.39 is 0 Å². The Morgan fingerprint density at radius 2 is 1.76 bits per heavy atom. The second kappa shape index (κ2) is 9.15. The molecule has 0 fully saturated rings. The summed E-state index contributed by atoms with van der Waals surface area (Å²) >= 11 is 0. The van der Waals surface area contributed by atoms with Crippen molar-refractivity contribution in [1.82, 2.24) is 10.3 Å². The molecule has 148 valence electrons. The van der Waals surface area contributed by atoms with Gasteiger partial charge in [-0.25, -0.2) is 4.99 Å². The summed E-state index contributed by atoms with van der Waals surface area (Å²) in [6.45, 7) is 8.46. The van der Waals surface area contributed by atoms with Crippen molar-refractivity contribution in [3.8, 4) is 0 Å². The van der Waals surface area contributed by atoms with E-state index in [4.69, 9.17) is 0 Å². The van der Waals surface area contributed by atoms with Crippen molar-refractivity contribution < 1.29 is 4.79 Å². The summed E-state index contributed by atoms with van der Waals surface area (Å²) in [5, 5.41) is 6.17. The van der Waals surface area contributed by atoms with Crippen LogP contribution in [0.3, 0.4) is 0 Å². The lowest BCUT2D eigenvalue weighted by atomic mass is 10.1. The number of nitrogens with zero attached hydrogens (tertiary/aromatic N) is 2. The molecule has 0 radical (unpaired) electrons. The summed E-state index contributed by atoms with van der Waals surface area (Å²) in [6.07, 6.45) is 1.73. The number of guanidine groups is 1. The quantitative estimate of drug-likeness (QED) is 0.504. The zero-order chi connectivity index (χ0) is 20.8. The highest BCUT2D eigenvalue weighted by atomic mass is 16.1. The van der Waals surface area contributed by atoms with E-state index in [0.29, 0.717) is 18.1 Å². The van der Waals surface area contributed by atoms with Crippen molar-refractivity contribution in [3.63, 3.8) is 0 Å². The molecule has 0 bridgehead atoms. The first-order valence-corrected chi connectivity index (χ1v) is 9.59. The van der Waals surface area contributed by atoms with Gasteiger partial charge in [-0.2, -0.15) is 0 Å². The fraction of sp³-hybridized carbons (Fsp3) is 0.208. The third-order valence-electron chi connectivity index (χ3n) is 4.76. The lowest BCUT2D eigenvalue weighted by Crippen LogP contribution is -2.36. The Bertz CT molecular complexity index is 1040. The molecule has 0 saturated heterocycles. The second-order valence-corrected chi connectivity index (χ2v) is 7.18. The van der Waals surface area contributed by atoms with Crippen LogP contribution in [-0.4, -0.2) is 16.9 Å². The fourth-order valence-corrected chi connectivity index (χ4v) is 2.91. The summed E-state index contributed by atoms with van der Waals surface area (Å²) < 4.78 is 0. The van der Waals surface area contributed by atoms with E-state index in [1.54, 1.807) is 6.20 Å². The molecule has 0 aliphatic heterocycles. The van der Waals surface area contributed by atoms with Crippen molar-refractivity contribution in [3.05, 3.63) is 94.3 Å². The smallest absolute Gasteiger partial charge is 0.257 e. The molecular formula is C24H26N4O. The predicted molar refractivity (Wildman–Crippen MR) is 118 cm³/mol. The number of aromatic nitrogens is 1. The number of rotatable bonds is 4. The van der Waals surface area contributed by atoms with Crippen LogP contribution < -0.4 is 10.6 Å². The third kappa shape index (κ3) is 5.51. The van der Waals surface area contributed by atoms with Crippen molar-refractivity contribution >= 4 is 17.6 Å². The maximum absolute atomic E-state index is 12.8. The number of pyridine rings is 1. The number of nitrogens with one attached hydrogen (secondary N) is 2. The van der Waals surface area contributed by atoms with Gasteiger partial charge in [0.1, 0.15) is 0 Å². The molecule has 0 unspecified atom stereocenters. The molecule has 5 heteroatoms. The van der Waals surface area contributed by atoms with Crippen LogP contribution >= 0.6 is 0 Å². The van der Waals surface area contributed by atoms with Gasteiger partial charge in [-0.05, 0) is 74.7 Å². The maximum Gasteiger partial charge on any atom is 0.257 e. The van der Waals surface area contributed by atoms with Crippen LogP contribution in [0.5, 0.6) is 0 Å². The molecule has 3 aromatic rings. The fourth-order valence-electron chi connectivity index (χ4n) is 2.91. The summed E-state index contributed by atoms with van der Waals surface area (Å²) in [5.41, 5.74) is 6.81. The summed E-state index contributed by atoms with van der Waals surface area (Å²) in [4.78, 5) is 21.7. The minimum absolute atomic E-state index is 0.204. The average molecular weight is 386 g/mol. The van der Waals surface area contributed by atoms with E-state index in [2.05, 4.69) is 26.7 Å². The Kier molecular flexibility index (Phi) is 6.39. The molecule has 1 heterocycles. The van der Waals surface area contributed by atoms with E-state index >= 15 is 0 Å². The molecular weight excluding hydrogens is 360 g/mol. The van der Waals surface area contributed by atoms with Gasteiger partial charge in [0.2, 0.25) is 5.96 Å². The van der Waals surface area contributed by atoms with E-state index in [0.717, 1.165) is 28.1 Å². The first-order valence-electron chi connectivity index (χ1n) is 9.59. The van der Waals surface area contributed by atoms with Crippen molar-refractivity contribution in [2.75, 3.05) is 5.32 Å². The van der Waals surface area contributed by atoms with Crippen LogP contribution in [0.15, 0.2) is 65.8 Å². The van der Waals surface area contributed by atoms with Crippen LogP contribution in [0, 0.1) is 27.7 Å². The molecule has 2 N–H and O–H groups in total. The zero-order valence-corrected chi connectivity index (χ0v) is 17.3. The van der Waals surface area contributed by atoms with Gasteiger partial charge < -0.3 is 5.32 Å². The number of anilines is 1. The normalized spacial score (nSPS) is 11.2. The van der Waals surface area contributed by atoms with Crippen LogP contribution in [0.4, 0.5) is 5.69 Å². The maximum atomic E-state index is 12.8. The summed E-state index contributed by atoms with van der Waals surface area (Å²) in [7, 11) is 0. The largest absolute Gasteiger partial charge is 0.326 e. The number of amides is 1. The van der Waals surface area contributed by atoms with E-state index in [1.807, 2.05) is 76.2 Å². The van der Waals surface area contributed by atoms with Crippen LogP contribution in [0.25, 0.3) is 0 Å². The predicted octanol–water partition coefficient (Wildman–Crippen LogP) is 4.71. The number of carbonyl (C=O) groups is 1. The molecule has 2 aromatic carbocycles. The SMILES string of the molecule is Cc1ccc(NC(=NCc2ccccn2)NC(=O)c2ccc(C)c(C)c2)c(C)c1. The molecule has 0 saturated carbocycles. The molecule has 3 rings (SSSR count). The minimum Gasteiger partial charge on any atom is -0.326 e. The van der Waals surface area contributed by atoms with Gasteiger partial charge in [-0.3, -0.25) is 15.1 Å². The van der Waals surface area contributed by atoms with Crippen LogP contribution in [-0.2, 0) is 6.54 Å². The minimum atomic E-state index is -0.204. The van der Waals surface area contributed by atoms with Crippen molar-refractivity contribution in [2.24, 2.45) is 4.99 Å². The summed E-state index contributed by atoms with van der Waals surface area (Å²) in [6, 6.07) is 17.5. The molecule has 29 heavy (non-hydrogen) atoms. The first kappa shape index (κ1) is 20.3. The van der Waals surface area contributed by atoms with Gasteiger partial charge in [0.15, 0.2) is 0 Å². The lowest BCUT2D eigenvalue weighted by molar-refractivity contribution is 0.0977. The molecule has 0 spiro atoms. The van der Waals surface area contributed by atoms with E-state index in [9.17, 15) is 4.79 Å². The molecule has 1 aromatic heterocycles. The number of benzene rings is 2. The summed E-state index contributed by atoms with van der Waals surface area (Å²) in [5.74, 6) is 0.191. The van der Waals surface area contributed by atoms with E-state index in [-0.39, 0.29) is 5.91 Å². The first-order chi connectivity index (χ1) is 13.9. The lowest BCUT2D eigenvalue weighted by Gasteiger charge is -2.14. The second-order valence-electron chi connectivity index (χ2n) is 7.18. The Hall–Kier alpha value is -3.47. The van der Waals surface area contributed by atoms with Gasteiger partial charge in [-0.1, -0.05) is 29.8 Å². The number of hydrogen-bond donors (Lipinski definition) is 2. The van der Waals surface area contributed by atoms with Gasteiger partial charge in [0, 0.05) is 17.4 Å². The van der Waals surface area contributed by atoms with Gasteiger partial charge in [0.05, 0.1) is 12.2 Å². The Balaban J connectivity index is 1.84. The number of aryl methyl sites for hydroxylation is 4. The van der Waals surface area contributed by atoms with Gasteiger partial charge in [-0.15, -0.1) is 0 Å². The topological polar surface area (TPSA) is 66.4 Å². The van der Waals surface area contributed by atoms with E-state index in [1.165, 1.54) is 5.56 Å². The monoisotopic (exact) mass is 386 g/mol. The Morgan fingerprint density at radius 3 is 2.45 bits per heavy atom. The molecule has 0 aliphatic carbocycles. The number of hydrogen-bond acceptors (Lipinski definition) is 3. The number of carbonyl (C=O) groups excluding carboxylic acids is 1. The van der Waals surface area contributed by atoms with Crippen LogP contribution in [0.1, 0.15) is 38.3 Å². The van der Waals surface area contributed by atoms with Crippen molar-refractivity contribution in [2.45, 2.75) is 34.2 Å². The molecule has 1 amide bonds.